The van der Waals surface area contributed by atoms with Gasteiger partial charge in [0.15, 0.2) is 0 Å². The van der Waals surface area contributed by atoms with Crippen molar-refractivity contribution in [3.63, 3.8) is 0 Å². The zero-order chi connectivity index (χ0) is 23.3. The van der Waals surface area contributed by atoms with Crippen LogP contribution in [-0.4, -0.2) is 78.2 Å². The summed E-state index contributed by atoms with van der Waals surface area (Å²) in [6.45, 7) is 12.7. The normalized spacial score (nSPS) is 13.1. The Morgan fingerprint density at radius 3 is 1.63 bits per heavy atom. The van der Waals surface area contributed by atoms with E-state index in [1.807, 2.05) is 0 Å². The summed E-state index contributed by atoms with van der Waals surface area (Å²) in [5.41, 5.74) is 11.4. The second-order valence-corrected chi connectivity index (χ2v) is 14.0. The molecular formula is C20H50N2O6Si2. The molecule has 1 atom stereocenters. The van der Waals surface area contributed by atoms with Crippen LogP contribution in [0.5, 0.6) is 0 Å². The molecule has 184 valence electrons. The van der Waals surface area contributed by atoms with Gasteiger partial charge in [-0.15, -0.1) is 0 Å². The van der Waals surface area contributed by atoms with Crippen molar-refractivity contribution < 1.29 is 26.9 Å². The van der Waals surface area contributed by atoms with Gasteiger partial charge in [-0.2, -0.15) is 0 Å². The minimum absolute atomic E-state index is 0.362. The van der Waals surface area contributed by atoms with Gasteiger partial charge in [0.05, 0.1) is 6.61 Å². The molecule has 0 heterocycles. The SMILES string of the molecule is CCCCO[Si](C)(OCCCC)C(C)CN.CO[Si](CCCOCCN)(OC)OC. The van der Waals surface area contributed by atoms with Gasteiger partial charge in [0.2, 0.25) is 0 Å². The second kappa shape index (κ2) is 21.0. The van der Waals surface area contributed by atoms with Crippen molar-refractivity contribution in [1.29, 1.82) is 0 Å². The van der Waals surface area contributed by atoms with Gasteiger partial charge in [-0.1, -0.05) is 33.6 Å². The minimum Gasteiger partial charge on any atom is -0.394 e. The van der Waals surface area contributed by atoms with E-state index < -0.39 is 17.4 Å². The Hall–Kier alpha value is 0.114. The highest BCUT2D eigenvalue weighted by molar-refractivity contribution is 6.67. The van der Waals surface area contributed by atoms with Gasteiger partial charge in [-0.25, -0.2) is 0 Å². The molecule has 0 radical (unpaired) electrons. The molecule has 0 aromatic heterocycles. The van der Waals surface area contributed by atoms with E-state index in [4.69, 9.17) is 38.3 Å². The molecule has 0 bridgehead atoms. The molecule has 0 aliphatic carbocycles. The van der Waals surface area contributed by atoms with Gasteiger partial charge >= 0.3 is 17.4 Å². The van der Waals surface area contributed by atoms with Gasteiger partial charge in [-0.05, 0) is 32.4 Å². The first-order valence-corrected chi connectivity index (χ1v) is 15.6. The molecule has 4 N–H and O–H groups in total. The summed E-state index contributed by atoms with van der Waals surface area (Å²) < 4.78 is 33.0. The number of rotatable bonds is 19. The number of hydrogen-bond donors (Lipinski definition) is 2. The van der Waals surface area contributed by atoms with E-state index in [-0.39, 0.29) is 0 Å². The summed E-state index contributed by atoms with van der Waals surface area (Å²) in [7, 11) is 0.392. The van der Waals surface area contributed by atoms with Crippen LogP contribution in [0.2, 0.25) is 18.1 Å². The van der Waals surface area contributed by atoms with Crippen LogP contribution in [0.4, 0.5) is 0 Å². The van der Waals surface area contributed by atoms with E-state index >= 15 is 0 Å². The van der Waals surface area contributed by atoms with Crippen LogP contribution in [0.3, 0.4) is 0 Å². The largest absolute Gasteiger partial charge is 0.500 e. The fourth-order valence-corrected chi connectivity index (χ4v) is 6.38. The highest BCUT2D eigenvalue weighted by atomic mass is 28.4. The lowest BCUT2D eigenvalue weighted by molar-refractivity contribution is 0.109. The third-order valence-corrected chi connectivity index (χ3v) is 11.4. The topological polar surface area (TPSA) is 107 Å². The summed E-state index contributed by atoms with van der Waals surface area (Å²) in [4.78, 5) is 0. The summed E-state index contributed by atoms with van der Waals surface area (Å²) in [5.74, 6) is 0. The third kappa shape index (κ3) is 15.0. The summed E-state index contributed by atoms with van der Waals surface area (Å²) in [6, 6.07) is 0.765. The van der Waals surface area contributed by atoms with Gasteiger partial charge in [0, 0.05) is 59.3 Å². The average Bonchev–Trinajstić information content (AvgIpc) is 2.77. The van der Waals surface area contributed by atoms with Crippen molar-refractivity contribution in [1.82, 2.24) is 0 Å². The molecule has 0 spiro atoms. The molecule has 10 heteroatoms. The zero-order valence-electron chi connectivity index (χ0n) is 20.7. The zero-order valence-corrected chi connectivity index (χ0v) is 22.7. The van der Waals surface area contributed by atoms with Gasteiger partial charge in [0.1, 0.15) is 0 Å². The maximum atomic E-state index is 6.01. The average molecular weight is 471 g/mol. The molecule has 0 saturated heterocycles. The van der Waals surface area contributed by atoms with Crippen molar-refractivity contribution in [3.05, 3.63) is 0 Å². The number of unbranched alkanes of at least 4 members (excludes halogenated alkanes) is 2. The van der Waals surface area contributed by atoms with E-state index in [0.717, 1.165) is 51.4 Å². The molecule has 0 fully saturated rings. The second-order valence-electron chi connectivity index (χ2n) is 7.36. The van der Waals surface area contributed by atoms with Gasteiger partial charge < -0.3 is 38.3 Å². The molecule has 8 nitrogen and oxygen atoms in total. The predicted octanol–water partition coefficient (Wildman–Crippen LogP) is 3.27. The molecule has 0 amide bonds. The molecular weight excluding hydrogens is 420 g/mol. The lowest BCUT2D eigenvalue weighted by Crippen LogP contribution is -2.46. The monoisotopic (exact) mass is 470 g/mol. The van der Waals surface area contributed by atoms with E-state index in [1.165, 1.54) is 0 Å². The van der Waals surface area contributed by atoms with Crippen molar-refractivity contribution >= 4 is 17.4 Å². The molecule has 0 saturated carbocycles. The van der Waals surface area contributed by atoms with Crippen LogP contribution in [0.25, 0.3) is 0 Å². The van der Waals surface area contributed by atoms with E-state index in [9.17, 15) is 0 Å². The summed E-state index contributed by atoms with van der Waals surface area (Å²) in [6.07, 6.45) is 5.41. The molecule has 30 heavy (non-hydrogen) atoms. The molecule has 0 aliphatic rings. The Morgan fingerprint density at radius 1 is 0.767 bits per heavy atom. The minimum atomic E-state index is -2.39. The quantitative estimate of drug-likeness (QED) is 0.219. The fourth-order valence-electron chi connectivity index (χ4n) is 2.51. The molecule has 0 aromatic carbocycles. The predicted molar refractivity (Wildman–Crippen MR) is 128 cm³/mol. The first kappa shape index (κ1) is 32.3. The van der Waals surface area contributed by atoms with Gasteiger partial charge in [-0.3, -0.25) is 0 Å². The Labute approximate surface area is 187 Å². The van der Waals surface area contributed by atoms with Crippen molar-refractivity contribution in [3.8, 4) is 0 Å². The Bertz CT molecular complexity index is 348. The molecule has 0 aromatic rings. The number of ether oxygens (including phenoxy) is 1. The third-order valence-electron chi connectivity index (χ3n) is 4.99. The van der Waals surface area contributed by atoms with Crippen LogP contribution in [0, 0.1) is 0 Å². The van der Waals surface area contributed by atoms with Crippen molar-refractivity contribution in [2.24, 2.45) is 11.5 Å². The number of hydrogen-bond acceptors (Lipinski definition) is 8. The van der Waals surface area contributed by atoms with Crippen LogP contribution in [0.15, 0.2) is 0 Å². The van der Waals surface area contributed by atoms with Crippen LogP contribution in [-0.2, 0) is 26.9 Å². The van der Waals surface area contributed by atoms with Crippen molar-refractivity contribution in [2.45, 2.75) is 71.0 Å². The van der Waals surface area contributed by atoms with Crippen LogP contribution in [0.1, 0.15) is 52.9 Å². The lowest BCUT2D eigenvalue weighted by Gasteiger charge is -2.32. The smallest absolute Gasteiger partial charge is 0.394 e. The first-order chi connectivity index (χ1) is 14.3. The van der Waals surface area contributed by atoms with Gasteiger partial charge in [0.25, 0.3) is 0 Å². The maximum Gasteiger partial charge on any atom is 0.500 e. The van der Waals surface area contributed by atoms with Crippen LogP contribution >= 0.6 is 0 Å². The number of nitrogens with two attached hydrogens (primary N) is 2. The molecule has 0 rings (SSSR count). The standard InChI is InChI=1S/C12H29NO2Si.C8H21NO4Si/c1-5-7-9-14-16(4,12(3)11-13)15-10-8-6-2;1-10-14(11-2,12-3)8-4-6-13-7-5-9/h12H,5-11,13H2,1-4H3;4-9H2,1-3H3. The Balaban J connectivity index is 0. The Morgan fingerprint density at radius 2 is 1.27 bits per heavy atom. The molecule has 0 aliphatic heterocycles. The van der Waals surface area contributed by atoms with E-state index in [1.54, 1.807) is 21.3 Å². The molecule has 1 unspecified atom stereocenters. The van der Waals surface area contributed by atoms with Crippen LogP contribution < -0.4 is 11.5 Å². The first-order valence-electron chi connectivity index (χ1n) is 11.3. The fraction of sp³-hybridized carbons (Fsp3) is 1.00. The summed E-state index contributed by atoms with van der Waals surface area (Å²) in [5, 5.41) is 0. The highest BCUT2D eigenvalue weighted by Gasteiger charge is 2.37. The van der Waals surface area contributed by atoms with Crippen molar-refractivity contribution in [2.75, 3.05) is 60.8 Å². The lowest BCUT2D eigenvalue weighted by atomic mass is 10.4. The van der Waals surface area contributed by atoms with E-state index in [2.05, 4.69) is 27.3 Å². The highest BCUT2D eigenvalue weighted by Crippen LogP contribution is 2.23. The summed E-state index contributed by atoms with van der Waals surface area (Å²) >= 11 is 0. The van der Waals surface area contributed by atoms with E-state index in [0.29, 0.717) is 31.8 Å². The maximum absolute atomic E-state index is 6.01. The Kier molecular flexibility index (Phi) is 22.6.